The Hall–Kier alpha value is -1.58. The molecule has 0 aromatic heterocycles. The minimum atomic E-state index is 0.294. The fourth-order valence-corrected chi connectivity index (χ4v) is 4.40. The summed E-state index contributed by atoms with van der Waals surface area (Å²) in [6.45, 7) is 0.294. The number of nitrogens with zero attached hydrogens (tertiary/aromatic N) is 1. The predicted octanol–water partition coefficient (Wildman–Crippen LogP) is 4.16. The summed E-state index contributed by atoms with van der Waals surface area (Å²) in [5.41, 5.74) is 1.51. The van der Waals surface area contributed by atoms with Crippen LogP contribution in [-0.4, -0.2) is 37.9 Å². The quantitative estimate of drug-likeness (QED) is 0.791. The third-order valence-electron chi connectivity index (χ3n) is 5.75. The van der Waals surface area contributed by atoms with Crippen LogP contribution in [0, 0.1) is 0 Å². The maximum Gasteiger partial charge on any atom is 0.188 e. The van der Waals surface area contributed by atoms with Gasteiger partial charge in [-0.25, -0.2) is 0 Å². The van der Waals surface area contributed by atoms with Crippen LogP contribution in [0.5, 0.6) is 5.75 Å². The highest BCUT2D eigenvalue weighted by Crippen LogP contribution is 2.42. The summed E-state index contributed by atoms with van der Waals surface area (Å²) < 4.78 is 10.5. The molecule has 3 atom stereocenters. The van der Waals surface area contributed by atoms with Gasteiger partial charge < -0.3 is 14.4 Å². The Bertz CT molecular complexity index is 685. The van der Waals surface area contributed by atoms with Crippen molar-refractivity contribution in [2.24, 2.45) is 0 Å². The second-order valence-electron chi connectivity index (χ2n) is 7.04. The van der Waals surface area contributed by atoms with Crippen molar-refractivity contribution in [1.29, 1.82) is 0 Å². The molecule has 1 unspecified atom stereocenters. The number of rotatable bonds is 4. The van der Waals surface area contributed by atoms with Crippen LogP contribution >= 0.6 is 0 Å². The molecule has 0 saturated carbocycles. The number of hydrogen-bond acceptors (Lipinski definition) is 3. The van der Waals surface area contributed by atoms with Crippen molar-refractivity contribution in [2.45, 2.75) is 43.7 Å². The van der Waals surface area contributed by atoms with E-state index in [9.17, 15) is 0 Å². The zero-order chi connectivity index (χ0) is 15.8. The predicted molar refractivity (Wildman–Crippen MR) is 93.0 cm³/mol. The molecule has 2 aromatic rings. The zero-order valence-corrected chi connectivity index (χ0v) is 14.0. The first kappa shape index (κ1) is 15.0. The Balaban J connectivity index is 1.57. The second kappa shape index (κ2) is 6.14. The molecule has 0 amide bonds. The molecule has 122 valence electrons. The summed E-state index contributed by atoms with van der Waals surface area (Å²) >= 11 is 0. The molecule has 0 aliphatic carbocycles. The van der Waals surface area contributed by atoms with Crippen LogP contribution in [0.3, 0.4) is 0 Å². The van der Waals surface area contributed by atoms with E-state index < -0.39 is 0 Å². The molecule has 2 saturated heterocycles. The van der Waals surface area contributed by atoms with Crippen LogP contribution in [0.4, 0.5) is 0 Å². The molecule has 2 bridgehead atoms. The lowest BCUT2D eigenvalue weighted by Crippen LogP contribution is -2.39. The Morgan fingerprint density at radius 3 is 2.43 bits per heavy atom. The van der Waals surface area contributed by atoms with E-state index in [0.29, 0.717) is 6.79 Å². The lowest BCUT2D eigenvalue weighted by molar-refractivity contribution is 0.0512. The number of ether oxygens (including phenoxy) is 2. The Morgan fingerprint density at radius 2 is 1.70 bits per heavy atom. The maximum atomic E-state index is 5.53. The van der Waals surface area contributed by atoms with E-state index >= 15 is 0 Å². The van der Waals surface area contributed by atoms with Crippen LogP contribution in [0.2, 0.25) is 0 Å². The standard InChI is InChI=1S/C20H25NO2/c1-21-18-6-7-19(21)11-17(10-18)15-3-4-16-12-20(23-13-22-2)8-5-14(16)9-15/h3-5,8-9,12,17-19H,6-7,10-11,13H2,1-2H3/t17?,18-,19+. The van der Waals surface area contributed by atoms with Crippen molar-refractivity contribution < 1.29 is 9.47 Å². The van der Waals surface area contributed by atoms with E-state index in [0.717, 1.165) is 23.8 Å². The Morgan fingerprint density at radius 1 is 1.00 bits per heavy atom. The minimum Gasteiger partial charge on any atom is -0.468 e. The first-order chi connectivity index (χ1) is 11.2. The van der Waals surface area contributed by atoms with E-state index in [1.165, 1.54) is 42.0 Å². The minimum absolute atomic E-state index is 0.294. The van der Waals surface area contributed by atoms with Crippen molar-refractivity contribution in [3.8, 4) is 5.75 Å². The molecule has 4 rings (SSSR count). The average Bonchev–Trinajstić information content (AvgIpc) is 2.80. The first-order valence-electron chi connectivity index (χ1n) is 8.62. The highest BCUT2D eigenvalue weighted by Gasteiger charge is 2.38. The van der Waals surface area contributed by atoms with Crippen molar-refractivity contribution in [3.05, 3.63) is 42.0 Å². The molecular weight excluding hydrogens is 286 g/mol. The van der Waals surface area contributed by atoms with Gasteiger partial charge >= 0.3 is 0 Å². The molecule has 2 fully saturated rings. The summed E-state index contributed by atoms with van der Waals surface area (Å²) in [6.07, 6.45) is 5.39. The number of methoxy groups -OCH3 is 1. The van der Waals surface area contributed by atoms with E-state index in [4.69, 9.17) is 9.47 Å². The smallest absolute Gasteiger partial charge is 0.188 e. The van der Waals surface area contributed by atoms with Gasteiger partial charge in [-0.1, -0.05) is 24.3 Å². The molecule has 3 nitrogen and oxygen atoms in total. The summed E-state index contributed by atoms with van der Waals surface area (Å²) in [5.74, 6) is 1.59. The van der Waals surface area contributed by atoms with Crippen LogP contribution in [0.25, 0.3) is 10.8 Å². The molecule has 0 N–H and O–H groups in total. The molecule has 2 aliphatic rings. The van der Waals surface area contributed by atoms with Crippen LogP contribution in [0.1, 0.15) is 37.2 Å². The molecule has 0 radical (unpaired) electrons. The number of benzene rings is 2. The highest BCUT2D eigenvalue weighted by molar-refractivity contribution is 5.84. The zero-order valence-electron chi connectivity index (χ0n) is 14.0. The normalized spacial score (nSPS) is 27.5. The van der Waals surface area contributed by atoms with E-state index in [-0.39, 0.29) is 0 Å². The second-order valence-corrected chi connectivity index (χ2v) is 7.04. The van der Waals surface area contributed by atoms with E-state index in [1.54, 1.807) is 7.11 Å². The van der Waals surface area contributed by atoms with Crippen molar-refractivity contribution in [2.75, 3.05) is 21.0 Å². The summed E-state index contributed by atoms with van der Waals surface area (Å²) in [6, 6.07) is 14.8. The topological polar surface area (TPSA) is 21.7 Å². The van der Waals surface area contributed by atoms with E-state index in [1.807, 2.05) is 6.07 Å². The monoisotopic (exact) mass is 311 g/mol. The molecule has 0 spiro atoms. The van der Waals surface area contributed by atoms with Gasteiger partial charge in [-0.2, -0.15) is 0 Å². The fraction of sp³-hybridized carbons (Fsp3) is 0.500. The van der Waals surface area contributed by atoms with Crippen molar-refractivity contribution in [3.63, 3.8) is 0 Å². The third-order valence-corrected chi connectivity index (χ3v) is 5.75. The van der Waals surface area contributed by atoms with Gasteiger partial charge in [-0.15, -0.1) is 0 Å². The van der Waals surface area contributed by atoms with Gasteiger partial charge in [-0.05, 0) is 67.1 Å². The average molecular weight is 311 g/mol. The van der Waals surface area contributed by atoms with Gasteiger partial charge in [0.25, 0.3) is 0 Å². The summed E-state index contributed by atoms with van der Waals surface area (Å²) in [7, 11) is 3.95. The van der Waals surface area contributed by atoms with Crippen molar-refractivity contribution in [1.82, 2.24) is 4.90 Å². The van der Waals surface area contributed by atoms with Crippen LogP contribution in [-0.2, 0) is 4.74 Å². The van der Waals surface area contributed by atoms with Gasteiger partial charge in [0, 0.05) is 19.2 Å². The molecule has 23 heavy (non-hydrogen) atoms. The summed E-state index contributed by atoms with van der Waals surface area (Å²) in [5, 5.41) is 2.54. The molecule has 2 aliphatic heterocycles. The summed E-state index contributed by atoms with van der Waals surface area (Å²) in [4.78, 5) is 2.61. The number of fused-ring (bicyclic) bond motifs is 3. The largest absolute Gasteiger partial charge is 0.468 e. The van der Waals surface area contributed by atoms with E-state index in [2.05, 4.69) is 42.3 Å². The highest BCUT2D eigenvalue weighted by atomic mass is 16.7. The molecule has 2 aromatic carbocycles. The molecular formula is C20H25NO2. The maximum absolute atomic E-state index is 5.53. The number of piperidine rings is 1. The number of hydrogen-bond donors (Lipinski definition) is 0. The first-order valence-corrected chi connectivity index (χ1v) is 8.62. The Labute approximate surface area is 138 Å². The van der Waals surface area contributed by atoms with Crippen LogP contribution < -0.4 is 4.74 Å². The van der Waals surface area contributed by atoms with Gasteiger partial charge in [0.15, 0.2) is 6.79 Å². The van der Waals surface area contributed by atoms with Gasteiger partial charge in [-0.3, -0.25) is 0 Å². The van der Waals surface area contributed by atoms with Crippen molar-refractivity contribution >= 4 is 10.8 Å². The molecule has 2 heterocycles. The Kier molecular flexibility index (Phi) is 4.00. The SMILES string of the molecule is COCOc1ccc2cc(C3C[C@H]4CC[C@@H](C3)N4C)ccc2c1. The van der Waals surface area contributed by atoms with Gasteiger partial charge in [0.2, 0.25) is 0 Å². The fourth-order valence-electron chi connectivity index (χ4n) is 4.40. The lowest BCUT2D eigenvalue weighted by atomic mass is 9.84. The van der Waals surface area contributed by atoms with Gasteiger partial charge in [0.05, 0.1) is 0 Å². The van der Waals surface area contributed by atoms with Gasteiger partial charge in [0.1, 0.15) is 5.75 Å². The third kappa shape index (κ3) is 2.84. The van der Waals surface area contributed by atoms with Crippen LogP contribution in [0.15, 0.2) is 36.4 Å². The lowest BCUT2D eigenvalue weighted by Gasteiger charge is -2.36. The molecule has 3 heteroatoms.